The molecule has 1 aliphatic carbocycles. The number of hydrogen-bond acceptors (Lipinski definition) is 7. The van der Waals surface area contributed by atoms with Crippen molar-refractivity contribution in [3.05, 3.63) is 84.6 Å². The van der Waals surface area contributed by atoms with Crippen LogP contribution in [-0.2, 0) is 0 Å². The molecule has 8 heteroatoms. The molecule has 0 unspecified atom stereocenters. The summed E-state index contributed by atoms with van der Waals surface area (Å²) in [5, 5.41) is 23.8. The van der Waals surface area contributed by atoms with Crippen molar-refractivity contribution in [2.75, 3.05) is 5.32 Å². The third-order valence-electron chi connectivity index (χ3n) is 7.10. The van der Waals surface area contributed by atoms with E-state index in [4.69, 9.17) is 15.1 Å². The van der Waals surface area contributed by atoms with Crippen LogP contribution >= 0.6 is 0 Å². The minimum Gasteiger partial charge on any atom is -0.416 e. The standard InChI is InChI=1S/C30H27N5O3/c31-28(37)25-14-9-19(17-26(25)33-20-10-12-21(36)13-11-20)27-23-7-4-8-24(22(23)15-16-32-27)30-35-34-29(38-30)18-5-2-1-3-6-18/h1-9,14-17,20-21,33,36H,10-13H2,(H2,31,37). The van der Waals surface area contributed by atoms with Crippen molar-refractivity contribution in [3.63, 3.8) is 0 Å². The molecule has 0 saturated heterocycles. The van der Waals surface area contributed by atoms with Crippen molar-refractivity contribution in [2.24, 2.45) is 5.73 Å². The van der Waals surface area contributed by atoms with Crippen molar-refractivity contribution in [1.29, 1.82) is 0 Å². The van der Waals surface area contributed by atoms with Gasteiger partial charge in [0.05, 0.1) is 17.4 Å². The number of primary amides is 1. The largest absolute Gasteiger partial charge is 0.416 e. The molecule has 1 amide bonds. The Labute approximate surface area is 219 Å². The normalized spacial score (nSPS) is 17.4. The number of pyridine rings is 1. The molecule has 1 aliphatic rings. The van der Waals surface area contributed by atoms with Gasteiger partial charge in [0.2, 0.25) is 11.8 Å². The Balaban J connectivity index is 1.39. The van der Waals surface area contributed by atoms with Gasteiger partial charge in [-0.15, -0.1) is 10.2 Å². The molecule has 0 spiro atoms. The van der Waals surface area contributed by atoms with Gasteiger partial charge in [0.25, 0.3) is 5.91 Å². The first kappa shape index (κ1) is 23.8. The second kappa shape index (κ2) is 10.1. The van der Waals surface area contributed by atoms with E-state index in [9.17, 15) is 9.90 Å². The zero-order valence-electron chi connectivity index (χ0n) is 20.7. The van der Waals surface area contributed by atoms with E-state index < -0.39 is 5.91 Å². The second-order valence-corrected chi connectivity index (χ2v) is 9.61. The Morgan fingerprint density at radius 1 is 0.868 bits per heavy atom. The summed E-state index contributed by atoms with van der Waals surface area (Å²) in [6, 6.07) is 23.2. The third-order valence-corrected chi connectivity index (χ3v) is 7.10. The van der Waals surface area contributed by atoms with Gasteiger partial charge in [0, 0.05) is 40.0 Å². The first-order valence-corrected chi connectivity index (χ1v) is 12.7. The van der Waals surface area contributed by atoms with E-state index in [2.05, 4.69) is 15.5 Å². The van der Waals surface area contributed by atoms with Gasteiger partial charge in [-0.25, -0.2) is 0 Å². The van der Waals surface area contributed by atoms with E-state index in [0.29, 0.717) is 23.0 Å². The van der Waals surface area contributed by atoms with Crippen molar-refractivity contribution in [1.82, 2.24) is 15.2 Å². The fourth-order valence-electron chi connectivity index (χ4n) is 5.12. The van der Waals surface area contributed by atoms with Crippen molar-refractivity contribution in [2.45, 2.75) is 37.8 Å². The lowest BCUT2D eigenvalue weighted by molar-refractivity contribution is 0.100. The highest BCUT2D eigenvalue weighted by molar-refractivity contribution is 6.04. The molecule has 8 nitrogen and oxygen atoms in total. The molecule has 0 atom stereocenters. The number of carbonyl (C=O) groups is 1. The summed E-state index contributed by atoms with van der Waals surface area (Å²) in [6.07, 6.45) is 4.62. The van der Waals surface area contributed by atoms with Crippen molar-refractivity contribution in [3.8, 4) is 34.2 Å². The van der Waals surface area contributed by atoms with Crippen LogP contribution in [0.1, 0.15) is 36.0 Å². The number of benzene rings is 3. The van der Waals surface area contributed by atoms with Crippen LogP contribution in [0.5, 0.6) is 0 Å². The van der Waals surface area contributed by atoms with Crippen LogP contribution in [0.4, 0.5) is 5.69 Å². The fraction of sp³-hybridized carbons (Fsp3) is 0.200. The molecule has 190 valence electrons. The summed E-state index contributed by atoms with van der Waals surface area (Å²) in [5.41, 5.74) is 10.1. The first-order valence-electron chi connectivity index (χ1n) is 12.7. The molecule has 1 fully saturated rings. The monoisotopic (exact) mass is 505 g/mol. The highest BCUT2D eigenvalue weighted by atomic mass is 16.4. The van der Waals surface area contributed by atoms with E-state index in [1.807, 2.05) is 66.7 Å². The molecule has 38 heavy (non-hydrogen) atoms. The zero-order chi connectivity index (χ0) is 26.1. The van der Waals surface area contributed by atoms with Gasteiger partial charge >= 0.3 is 0 Å². The number of nitrogens with one attached hydrogen (secondary N) is 1. The molecule has 3 aromatic carbocycles. The molecule has 5 aromatic rings. The SMILES string of the molecule is NC(=O)c1ccc(-c2nccc3c(-c4nnc(-c5ccccc5)o4)cccc23)cc1NC1CCC(O)CC1. The topological polar surface area (TPSA) is 127 Å². The van der Waals surface area contributed by atoms with Crippen LogP contribution in [0.2, 0.25) is 0 Å². The van der Waals surface area contributed by atoms with Crippen molar-refractivity contribution >= 4 is 22.4 Å². The quantitative estimate of drug-likeness (QED) is 0.281. The number of anilines is 1. The lowest BCUT2D eigenvalue weighted by Gasteiger charge is -2.28. The highest BCUT2D eigenvalue weighted by Gasteiger charge is 2.22. The van der Waals surface area contributed by atoms with Gasteiger partial charge in [-0.1, -0.05) is 36.4 Å². The molecule has 2 aromatic heterocycles. The lowest BCUT2D eigenvalue weighted by Crippen LogP contribution is -2.29. The Kier molecular flexibility index (Phi) is 6.31. The predicted molar refractivity (Wildman–Crippen MR) is 146 cm³/mol. The number of fused-ring (bicyclic) bond motifs is 1. The summed E-state index contributed by atoms with van der Waals surface area (Å²) in [4.78, 5) is 16.9. The average Bonchev–Trinajstić information content (AvgIpc) is 3.44. The van der Waals surface area contributed by atoms with Gasteiger partial charge in [-0.3, -0.25) is 9.78 Å². The van der Waals surface area contributed by atoms with Gasteiger partial charge in [0.15, 0.2) is 0 Å². The number of nitrogens with two attached hydrogens (primary N) is 1. The van der Waals surface area contributed by atoms with Crippen LogP contribution in [0, 0.1) is 0 Å². The fourth-order valence-corrected chi connectivity index (χ4v) is 5.12. The maximum Gasteiger partial charge on any atom is 0.250 e. The molecule has 0 radical (unpaired) electrons. The number of aliphatic hydroxyl groups is 1. The Hall–Kier alpha value is -4.56. The number of amides is 1. The van der Waals surface area contributed by atoms with E-state index in [-0.39, 0.29) is 12.1 Å². The van der Waals surface area contributed by atoms with Gasteiger partial charge in [-0.05, 0) is 67.5 Å². The molecule has 0 aliphatic heterocycles. The highest BCUT2D eigenvalue weighted by Crippen LogP contribution is 2.35. The maximum absolute atomic E-state index is 12.2. The summed E-state index contributed by atoms with van der Waals surface area (Å²) >= 11 is 0. The second-order valence-electron chi connectivity index (χ2n) is 9.61. The van der Waals surface area contributed by atoms with Gasteiger partial charge < -0.3 is 20.6 Å². The van der Waals surface area contributed by atoms with Crippen molar-refractivity contribution < 1.29 is 14.3 Å². The lowest BCUT2D eigenvalue weighted by atomic mass is 9.92. The molecular formula is C30H27N5O3. The Morgan fingerprint density at radius 2 is 1.66 bits per heavy atom. The number of aromatic nitrogens is 3. The van der Waals surface area contributed by atoms with Gasteiger partial charge in [0.1, 0.15) is 0 Å². The summed E-state index contributed by atoms with van der Waals surface area (Å²) < 4.78 is 6.04. The third kappa shape index (κ3) is 4.62. The summed E-state index contributed by atoms with van der Waals surface area (Å²) in [7, 11) is 0. The smallest absolute Gasteiger partial charge is 0.250 e. The zero-order valence-corrected chi connectivity index (χ0v) is 20.7. The van der Waals surface area contributed by atoms with E-state index in [1.54, 1.807) is 12.3 Å². The number of carbonyl (C=O) groups excluding carboxylic acids is 1. The molecular weight excluding hydrogens is 478 g/mol. The molecule has 6 rings (SSSR count). The van der Waals surface area contributed by atoms with Crippen LogP contribution in [0.3, 0.4) is 0 Å². The van der Waals surface area contributed by atoms with E-state index >= 15 is 0 Å². The number of hydrogen-bond donors (Lipinski definition) is 3. The Bertz CT molecular complexity index is 1610. The summed E-state index contributed by atoms with van der Waals surface area (Å²) in [6.45, 7) is 0. The predicted octanol–water partition coefficient (Wildman–Crippen LogP) is 5.43. The summed E-state index contributed by atoms with van der Waals surface area (Å²) in [5.74, 6) is 0.395. The molecule has 4 N–H and O–H groups in total. The van der Waals surface area contributed by atoms with Gasteiger partial charge in [-0.2, -0.15) is 0 Å². The van der Waals surface area contributed by atoms with E-state index in [0.717, 1.165) is 58.8 Å². The van der Waals surface area contributed by atoms with E-state index in [1.165, 1.54) is 0 Å². The maximum atomic E-state index is 12.2. The van der Waals surface area contributed by atoms with Crippen LogP contribution in [-0.4, -0.2) is 38.3 Å². The first-order chi connectivity index (χ1) is 18.6. The van der Waals surface area contributed by atoms with Crippen LogP contribution in [0.25, 0.3) is 44.9 Å². The minimum absolute atomic E-state index is 0.162. The minimum atomic E-state index is -0.492. The van der Waals surface area contributed by atoms with Crippen LogP contribution in [0.15, 0.2) is 83.4 Å². The Morgan fingerprint density at radius 3 is 2.45 bits per heavy atom. The number of aliphatic hydroxyl groups excluding tert-OH is 1. The molecule has 1 saturated carbocycles. The van der Waals surface area contributed by atoms with Crippen LogP contribution < -0.4 is 11.1 Å². The molecule has 2 heterocycles. The average molecular weight is 506 g/mol. The number of nitrogens with zero attached hydrogens (tertiary/aromatic N) is 3. The molecule has 0 bridgehead atoms. The number of rotatable bonds is 6.